The summed E-state index contributed by atoms with van der Waals surface area (Å²) in [7, 11) is 3.50. The highest BCUT2D eigenvalue weighted by molar-refractivity contribution is 14.0. The van der Waals surface area contributed by atoms with Gasteiger partial charge in [0.05, 0.1) is 13.2 Å². The molecule has 24 heavy (non-hydrogen) atoms. The normalized spacial score (nSPS) is 16.2. The zero-order valence-corrected chi connectivity index (χ0v) is 17.0. The zero-order chi connectivity index (χ0) is 16.5. The fourth-order valence-corrected chi connectivity index (χ4v) is 2.94. The molecule has 5 nitrogen and oxygen atoms in total. The van der Waals surface area contributed by atoms with Crippen molar-refractivity contribution < 1.29 is 4.74 Å². The van der Waals surface area contributed by atoms with E-state index in [0.717, 1.165) is 31.3 Å². The Morgan fingerprint density at radius 3 is 2.75 bits per heavy atom. The Morgan fingerprint density at radius 2 is 2.12 bits per heavy atom. The van der Waals surface area contributed by atoms with Crippen molar-refractivity contribution in [2.75, 3.05) is 40.3 Å². The van der Waals surface area contributed by atoms with E-state index in [2.05, 4.69) is 45.3 Å². The van der Waals surface area contributed by atoms with Gasteiger partial charge in [-0.05, 0) is 43.6 Å². The molecule has 1 aromatic carbocycles. The van der Waals surface area contributed by atoms with Crippen LogP contribution in [0, 0.1) is 0 Å². The number of ether oxygens (including phenoxy) is 1. The number of hydrogen-bond acceptors (Lipinski definition) is 3. The number of likely N-dealkylation sites (tertiary alicyclic amines) is 1. The molecule has 1 aliphatic heterocycles. The number of nitrogens with one attached hydrogen (secondary N) is 2. The van der Waals surface area contributed by atoms with Gasteiger partial charge in [-0.15, -0.1) is 30.6 Å². The van der Waals surface area contributed by atoms with E-state index in [4.69, 9.17) is 4.74 Å². The minimum Gasteiger partial charge on any atom is -0.497 e. The molecule has 0 aliphatic carbocycles. The Labute approximate surface area is 162 Å². The van der Waals surface area contributed by atoms with Crippen LogP contribution in [-0.2, 0) is 0 Å². The molecule has 2 rings (SSSR count). The van der Waals surface area contributed by atoms with Gasteiger partial charge in [-0.3, -0.25) is 9.89 Å². The van der Waals surface area contributed by atoms with Crippen molar-refractivity contribution >= 4 is 29.9 Å². The maximum atomic E-state index is 5.38. The van der Waals surface area contributed by atoms with Gasteiger partial charge >= 0.3 is 0 Å². The largest absolute Gasteiger partial charge is 0.497 e. The van der Waals surface area contributed by atoms with Crippen molar-refractivity contribution in [3.05, 3.63) is 42.5 Å². The van der Waals surface area contributed by atoms with Crippen LogP contribution in [0.3, 0.4) is 0 Å². The summed E-state index contributed by atoms with van der Waals surface area (Å²) in [5, 5.41) is 6.64. The van der Waals surface area contributed by atoms with Crippen molar-refractivity contribution in [3.8, 4) is 5.75 Å². The van der Waals surface area contributed by atoms with E-state index < -0.39 is 0 Å². The summed E-state index contributed by atoms with van der Waals surface area (Å²) in [5.74, 6) is 1.71. The van der Waals surface area contributed by atoms with Crippen LogP contribution < -0.4 is 15.4 Å². The SMILES string of the molecule is C=CCNC(=NC)NCC(c1cccc(OC)c1)N1CCCC1.I. The zero-order valence-electron chi connectivity index (χ0n) is 14.6. The number of aliphatic imine (C=N–C) groups is 1. The Hall–Kier alpha value is -1.28. The molecule has 1 fully saturated rings. The van der Waals surface area contributed by atoms with E-state index in [1.54, 1.807) is 14.2 Å². The second-order valence-corrected chi connectivity index (χ2v) is 5.66. The van der Waals surface area contributed by atoms with Gasteiger partial charge in [0.15, 0.2) is 5.96 Å². The van der Waals surface area contributed by atoms with Crippen LogP contribution in [0.4, 0.5) is 0 Å². The van der Waals surface area contributed by atoms with E-state index >= 15 is 0 Å². The van der Waals surface area contributed by atoms with Crippen molar-refractivity contribution in [1.82, 2.24) is 15.5 Å². The third-order valence-corrected chi connectivity index (χ3v) is 4.16. The number of hydrogen-bond donors (Lipinski definition) is 2. The third kappa shape index (κ3) is 5.98. The number of halogens is 1. The molecule has 0 radical (unpaired) electrons. The maximum absolute atomic E-state index is 5.38. The molecular weight excluding hydrogens is 415 g/mol. The number of rotatable bonds is 7. The van der Waals surface area contributed by atoms with Gasteiger partial charge in [0, 0.05) is 20.1 Å². The van der Waals surface area contributed by atoms with Crippen LogP contribution in [-0.4, -0.2) is 51.2 Å². The van der Waals surface area contributed by atoms with E-state index in [1.165, 1.54) is 18.4 Å². The number of nitrogens with zero attached hydrogens (tertiary/aromatic N) is 2. The predicted octanol–water partition coefficient (Wildman–Crippen LogP) is 2.80. The first-order valence-corrected chi connectivity index (χ1v) is 8.22. The van der Waals surface area contributed by atoms with Crippen LogP contribution in [0.25, 0.3) is 0 Å². The summed E-state index contributed by atoms with van der Waals surface area (Å²) in [6.45, 7) is 7.52. The summed E-state index contributed by atoms with van der Waals surface area (Å²) in [4.78, 5) is 6.79. The fourth-order valence-electron chi connectivity index (χ4n) is 2.94. The monoisotopic (exact) mass is 444 g/mol. The molecule has 1 aliphatic rings. The van der Waals surface area contributed by atoms with Gasteiger partial charge in [0.2, 0.25) is 0 Å². The lowest BCUT2D eigenvalue weighted by Gasteiger charge is -2.29. The number of methoxy groups -OCH3 is 1. The Morgan fingerprint density at radius 1 is 1.38 bits per heavy atom. The predicted molar refractivity (Wildman–Crippen MR) is 112 cm³/mol. The molecule has 134 valence electrons. The van der Waals surface area contributed by atoms with E-state index in [-0.39, 0.29) is 24.0 Å². The second kappa shape index (κ2) is 11.3. The van der Waals surface area contributed by atoms with E-state index in [1.807, 2.05) is 12.1 Å². The average Bonchev–Trinajstić information content (AvgIpc) is 3.12. The molecule has 0 aromatic heterocycles. The Kier molecular flexibility index (Phi) is 9.78. The molecule has 0 spiro atoms. The molecule has 0 amide bonds. The lowest BCUT2D eigenvalue weighted by atomic mass is 10.1. The highest BCUT2D eigenvalue weighted by Crippen LogP contribution is 2.27. The van der Waals surface area contributed by atoms with Gasteiger partial charge in [0.1, 0.15) is 5.75 Å². The summed E-state index contributed by atoms with van der Waals surface area (Å²) in [6.07, 6.45) is 4.36. The average molecular weight is 444 g/mol. The van der Waals surface area contributed by atoms with Crippen LogP contribution in [0.15, 0.2) is 41.9 Å². The van der Waals surface area contributed by atoms with E-state index in [0.29, 0.717) is 12.6 Å². The summed E-state index contributed by atoms with van der Waals surface area (Å²) >= 11 is 0. The Bertz CT molecular complexity index is 530. The molecule has 0 bridgehead atoms. The van der Waals surface area contributed by atoms with Gasteiger partial charge in [-0.25, -0.2) is 0 Å². The van der Waals surface area contributed by atoms with Crippen molar-refractivity contribution in [2.24, 2.45) is 4.99 Å². The number of guanidine groups is 1. The summed E-state index contributed by atoms with van der Waals surface area (Å²) in [6, 6.07) is 8.66. The van der Waals surface area contributed by atoms with Gasteiger partial charge in [-0.1, -0.05) is 18.2 Å². The molecule has 1 unspecified atom stereocenters. The standard InChI is InChI=1S/C18H28N4O.HI/c1-4-10-20-18(19-2)21-14-17(22-11-5-6-12-22)15-8-7-9-16(13-15)23-3;/h4,7-9,13,17H,1,5-6,10-12,14H2,2-3H3,(H2,19,20,21);1H. The molecule has 2 N–H and O–H groups in total. The topological polar surface area (TPSA) is 48.9 Å². The summed E-state index contributed by atoms with van der Waals surface area (Å²) < 4.78 is 5.38. The highest BCUT2D eigenvalue weighted by atomic mass is 127. The van der Waals surface area contributed by atoms with Crippen LogP contribution >= 0.6 is 24.0 Å². The van der Waals surface area contributed by atoms with E-state index in [9.17, 15) is 0 Å². The second-order valence-electron chi connectivity index (χ2n) is 5.66. The first kappa shape index (κ1) is 20.8. The molecule has 1 saturated heterocycles. The molecule has 6 heteroatoms. The highest BCUT2D eigenvalue weighted by Gasteiger charge is 2.24. The van der Waals surface area contributed by atoms with Crippen molar-refractivity contribution in [2.45, 2.75) is 18.9 Å². The van der Waals surface area contributed by atoms with Crippen molar-refractivity contribution in [3.63, 3.8) is 0 Å². The fraction of sp³-hybridized carbons (Fsp3) is 0.500. The molecular formula is C18H29IN4O. The molecule has 1 heterocycles. The summed E-state index contributed by atoms with van der Waals surface area (Å²) in [5.41, 5.74) is 1.28. The lowest BCUT2D eigenvalue weighted by Crippen LogP contribution is -2.42. The van der Waals surface area contributed by atoms with Gasteiger partial charge in [-0.2, -0.15) is 0 Å². The van der Waals surface area contributed by atoms with Crippen molar-refractivity contribution in [1.29, 1.82) is 0 Å². The molecule has 0 saturated carbocycles. The molecule has 1 atom stereocenters. The lowest BCUT2D eigenvalue weighted by molar-refractivity contribution is 0.245. The van der Waals surface area contributed by atoms with Crippen LogP contribution in [0.2, 0.25) is 0 Å². The van der Waals surface area contributed by atoms with Gasteiger partial charge < -0.3 is 15.4 Å². The third-order valence-electron chi connectivity index (χ3n) is 4.16. The Balaban J connectivity index is 0.00000288. The maximum Gasteiger partial charge on any atom is 0.191 e. The van der Waals surface area contributed by atoms with Crippen LogP contribution in [0.1, 0.15) is 24.4 Å². The quantitative estimate of drug-likeness (QED) is 0.294. The first-order valence-electron chi connectivity index (χ1n) is 8.22. The van der Waals surface area contributed by atoms with Gasteiger partial charge in [0.25, 0.3) is 0 Å². The first-order chi connectivity index (χ1) is 11.3. The smallest absolute Gasteiger partial charge is 0.191 e. The minimum atomic E-state index is 0. The minimum absolute atomic E-state index is 0. The number of benzene rings is 1. The van der Waals surface area contributed by atoms with Crippen LogP contribution in [0.5, 0.6) is 5.75 Å². The molecule has 1 aromatic rings.